The van der Waals surface area contributed by atoms with Crippen molar-refractivity contribution in [2.45, 2.75) is 51.0 Å². The van der Waals surface area contributed by atoms with Gasteiger partial charge in [-0.05, 0) is 61.7 Å². The van der Waals surface area contributed by atoms with Gasteiger partial charge in [-0.25, -0.2) is 0 Å². The SMILES string of the molecule is O=C(O)CC1CSCCN1CC12CC3CC(CC(C3)C1)C2. The molecule has 1 aliphatic heterocycles. The number of carbonyl (C=O) groups is 1. The molecule has 21 heavy (non-hydrogen) atoms. The fourth-order valence-electron chi connectivity index (χ4n) is 6.20. The molecule has 3 nitrogen and oxygen atoms in total. The summed E-state index contributed by atoms with van der Waals surface area (Å²) in [5.41, 5.74) is 0.549. The van der Waals surface area contributed by atoms with Gasteiger partial charge in [0.25, 0.3) is 0 Å². The number of hydrogen-bond acceptors (Lipinski definition) is 3. The number of aliphatic carboxylic acids is 1. The van der Waals surface area contributed by atoms with Crippen molar-refractivity contribution in [3.05, 3.63) is 0 Å². The van der Waals surface area contributed by atoms with Gasteiger partial charge in [-0.15, -0.1) is 0 Å². The van der Waals surface area contributed by atoms with E-state index in [0.717, 1.165) is 30.1 Å². The van der Waals surface area contributed by atoms with E-state index in [-0.39, 0.29) is 6.04 Å². The van der Waals surface area contributed by atoms with Crippen LogP contribution < -0.4 is 0 Å². The largest absolute Gasteiger partial charge is 0.481 e. The Labute approximate surface area is 131 Å². The monoisotopic (exact) mass is 309 g/mol. The van der Waals surface area contributed by atoms with E-state index in [4.69, 9.17) is 0 Å². The second kappa shape index (κ2) is 5.45. The van der Waals surface area contributed by atoms with E-state index in [1.54, 1.807) is 0 Å². The lowest BCUT2D eigenvalue weighted by atomic mass is 9.49. The summed E-state index contributed by atoms with van der Waals surface area (Å²) in [6.45, 7) is 2.29. The summed E-state index contributed by atoms with van der Waals surface area (Å²) < 4.78 is 0. The number of carboxylic acid groups (broad SMARTS) is 1. The van der Waals surface area contributed by atoms with E-state index < -0.39 is 5.97 Å². The fourth-order valence-corrected chi connectivity index (χ4v) is 7.33. The quantitative estimate of drug-likeness (QED) is 0.866. The number of thioether (sulfide) groups is 1. The minimum absolute atomic E-state index is 0.272. The molecule has 1 N–H and O–H groups in total. The summed E-state index contributed by atoms with van der Waals surface area (Å²) >= 11 is 1.94. The maximum Gasteiger partial charge on any atom is 0.304 e. The van der Waals surface area contributed by atoms with Gasteiger partial charge in [0.15, 0.2) is 0 Å². The topological polar surface area (TPSA) is 40.5 Å². The molecule has 5 fully saturated rings. The van der Waals surface area contributed by atoms with Crippen molar-refractivity contribution in [2.75, 3.05) is 24.6 Å². The Hall–Kier alpha value is -0.220. The Morgan fingerprint density at radius 1 is 1.14 bits per heavy atom. The van der Waals surface area contributed by atoms with E-state index in [9.17, 15) is 9.90 Å². The molecule has 4 bridgehead atoms. The predicted octanol–water partition coefficient (Wildman–Crippen LogP) is 3.09. The van der Waals surface area contributed by atoms with Crippen LogP contribution in [0.3, 0.4) is 0 Å². The van der Waals surface area contributed by atoms with Crippen LogP contribution >= 0.6 is 11.8 Å². The molecule has 4 saturated carbocycles. The number of hydrogen-bond donors (Lipinski definition) is 1. The molecule has 0 aromatic heterocycles. The molecular formula is C17H27NO2S. The molecule has 118 valence electrons. The van der Waals surface area contributed by atoms with Gasteiger partial charge in [-0.2, -0.15) is 11.8 Å². The first kappa shape index (κ1) is 14.4. The van der Waals surface area contributed by atoms with Gasteiger partial charge in [0.05, 0.1) is 6.42 Å². The van der Waals surface area contributed by atoms with Gasteiger partial charge < -0.3 is 5.11 Å². The fraction of sp³-hybridized carbons (Fsp3) is 0.941. The minimum Gasteiger partial charge on any atom is -0.481 e. The van der Waals surface area contributed by atoms with Crippen molar-refractivity contribution < 1.29 is 9.90 Å². The Balaban J connectivity index is 1.47. The van der Waals surface area contributed by atoms with E-state index in [1.165, 1.54) is 50.8 Å². The van der Waals surface area contributed by atoms with Crippen LogP contribution in [0.25, 0.3) is 0 Å². The van der Waals surface area contributed by atoms with Gasteiger partial charge in [0.2, 0.25) is 0 Å². The molecule has 5 aliphatic rings. The Bertz CT molecular complexity index is 390. The molecule has 0 radical (unpaired) electrons. The smallest absolute Gasteiger partial charge is 0.304 e. The lowest BCUT2D eigenvalue weighted by Gasteiger charge is -2.58. The van der Waals surface area contributed by atoms with Gasteiger partial charge in [0, 0.05) is 30.6 Å². The molecule has 1 saturated heterocycles. The molecule has 4 heteroatoms. The lowest BCUT2D eigenvalue weighted by molar-refractivity contribution is -0.138. The van der Waals surface area contributed by atoms with Gasteiger partial charge in [-0.3, -0.25) is 9.69 Å². The number of carboxylic acids is 1. The van der Waals surface area contributed by atoms with Crippen LogP contribution in [0.4, 0.5) is 0 Å². The molecule has 1 unspecified atom stereocenters. The van der Waals surface area contributed by atoms with Crippen LogP contribution in [-0.4, -0.2) is 46.6 Å². The van der Waals surface area contributed by atoms with Crippen LogP contribution in [0.2, 0.25) is 0 Å². The molecular weight excluding hydrogens is 282 g/mol. The predicted molar refractivity (Wildman–Crippen MR) is 85.5 cm³/mol. The third-order valence-corrected chi connectivity index (χ3v) is 7.56. The summed E-state index contributed by atoms with van der Waals surface area (Å²) in [4.78, 5) is 13.7. The van der Waals surface area contributed by atoms with Crippen LogP contribution in [-0.2, 0) is 4.79 Å². The summed E-state index contributed by atoms with van der Waals surface area (Å²) in [6.07, 6.45) is 9.11. The summed E-state index contributed by atoms with van der Waals surface area (Å²) in [5, 5.41) is 9.18. The van der Waals surface area contributed by atoms with Crippen molar-refractivity contribution in [3.63, 3.8) is 0 Å². The highest BCUT2D eigenvalue weighted by Crippen LogP contribution is 2.60. The Morgan fingerprint density at radius 3 is 2.33 bits per heavy atom. The van der Waals surface area contributed by atoms with Crippen LogP contribution in [0.5, 0.6) is 0 Å². The van der Waals surface area contributed by atoms with Crippen molar-refractivity contribution in [1.29, 1.82) is 0 Å². The normalized spacial score (nSPS) is 45.9. The van der Waals surface area contributed by atoms with Gasteiger partial charge >= 0.3 is 5.97 Å². The van der Waals surface area contributed by atoms with Crippen molar-refractivity contribution in [1.82, 2.24) is 4.90 Å². The van der Waals surface area contributed by atoms with Crippen LogP contribution in [0, 0.1) is 23.2 Å². The zero-order valence-corrected chi connectivity index (χ0v) is 13.6. The average molecular weight is 309 g/mol. The molecule has 1 atom stereocenters. The molecule has 5 rings (SSSR count). The second-order valence-electron chi connectivity index (χ2n) is 8.21. The van der Waals surface area contributed by atoms with Gasteiger partial charge in [-0.1, -0.05) is 0 Å². The highest BCUT2D eigenvalue weighted by Gasteiger charge is 2.51. The third-order valence-electron chi connectivity index (χ3n) is 6.46. The minimum atomic E-state index is -0.627. The molecule has 0 amide bonds. The van der Waals surface area contributed by atoms with E-state index in [2.05, 4.69) is 4.90 Å². The molecule has 0 spiro atoms. The zero-order valence-electron chi connectivity index (χ0n) is 12.8. The van der Waals surface area contributed by atoms with E-state index >= 15 is 0 Å². The third kappa shape index (κ3) is 2.86. The summed E-state index contributed by atoms with van der Waals surface area (Å²) in [5.74, 6) is 4.55. The summed E-state index contributed by atoms with van der Waals surface area (Å²) in [7, 11) is 0. The second-order valence-corrected chi connectivity index (χ2v) is 9.36. The van der Waals surface area contributed by atoms with E-state index in [1.807, 2.05) is 11.8 Å². The van der Waals surface area contributed by atoms with E-state index in [0.29, 0.717) is 11.8 Å². The molecule has 1 heterocycles. The molecule has 0 aromatic rings. The van der Waals surface area contributed by atoms with Crippen LogP contribution in [0.1, 0.15) is 44.9 Å². The van der Waals surface area contributed by atoms with Gasteiger partial charge in [0.1, 0.15) is 0 Å². The highest BCUT2D eigenvalue weighted by atomic mass is 32.2. The average Bonchev–Trinajstić information content (AvgIpc) is 2.38. The standard InChI is InChI=1S/C17H27NO2S/c19-16(20)6-15-10-21-2-1-18(15)11-17-7-12-3-13(8-17)5-14(4-12)9-17/h12-15H,1-11H2,(H,19,20). The van der Waals surface area contributed by atoms with Crippen molar-refractivity contribution in [2.24, 2.45) is 23.2 Å². The first-order valence-corrected chi connectivity index (χ1v) is 9.81. The summed E-state index contributed by atoms with van der Waals surface area (Å²) in [6, 6.07) is 0.272. The Morgan fingerprint density at radius 2 is 1.76 bits per heavy atom. The molecule has 0 aromatic carbocycles. The number of nitrogens with zero attached hydrogens (tertiary/aromatic N) is 1. The molecule has 4 aliphatic carbocycles. The first-order chi connectivity index (χ1) is 10.1. The number of rotatable bonds is 4. The maximum absolute atomic E-state index is 11.1. The lowest BCUT2D eigenvalue weighted by Crippen LogP contribution is -2.54. The highest BCUT2D eigenvalue weighted by molar-refractivity contribution is 7.99. The zero-order chi connectivity index (χ0) is 14.4. The first-order valence-electron chi connectivity index (χ1n) is 8.65. The van der Waals surface area contributed by atoms with Crippen molar-refractivity contribution in [3.8, 4) is 0 Å². The van der Waals surface area contributed by atoms with Crippen LogP contribution in [0.15, 0.2) is 0 Å². The maximum atomic E-state index is 11.1. The van der Waals surface area contributed by atoms with Crippen molar-refractivity contribution >= 4 is 17.7 Å². The Kier molecular flexibility index (Phi) is 3.73.